The number of hydrogen-bond donors (Lipinski definition) is 1. The molecular weight excluding hydrogens is 222 g/mol. The number of nitrogens with two attached hydrogens (primary N) is 1. The topological polar surface area (TPSA) is 129 Å². The first kappa shape index (κ1) is 16.1. The minimum atomic E-state index is -3.96. The van der Waals surface area contributed by atoms with Crippen LogP contribution in [0.15, 0.2) is 11.1 Å². The number of rotatable bonds is 5. The Bertz CT molecular complexity index is 340. The van der Waals surface area contributed by atoms with Gasteiger partial charge in [-0.15, -0.1) is 4.41 Å². The van der Waals surface area contributed by atoms with Gasteiger partial charge in [0.25, 0.3) is 0 Å². The molecule has 0 aliphatic rings. The largest absolute Gasteiger partial charge is 0.315 e. The molecule has 0 spiro atoms. The molecule has 0 saturated heterocycles. The van der Waals surface area contributed by atoms with E-state index in [-0.39, 0.29) is 6.54 Å². The predicted molar refractivity (Wildman–Crippen MR) is 55.2 cm³/mol. The smallest absolute Gasteiger partial charge is 0.255 e. The fourth-order valence-electron chi connectivity index (χ4n) is 0.522. The van der Waals surface area contributed by atoms with Gasteiger partial charge in [0.2, 0.25) is 0 Å². The maximum Gasteiger partial charge on any atom is 0.315 e. The Balaban J connectivity index is 0. The molecule has 86 valence electrons. The van der Waals surface area contributed by atoms with Gasteiger partial charge in [-0.25, -0.2) is 13.2 Å². The van der Waals surface area contributed by atoms with Crippen LogP contribution in [-0.2, 0) is 15.0 Å². The molecule has 0 fully saturated rings. The third-order valence-electron chi connectivity index (χ3n) is 1.17. The lowest BCUT2D eigenvalue weighted by molar-refractivity contribution is 0.418. The summed E-state index contributed by atoms with van der Waals surface area (Å²) >= 11 is 0. The molecule has 9 heteroatoms. The zero-order valence-electron chi connectivity index (χ0n) is 8.33. The Morgan fingerprint density at radius 1 is 1.67 bits per heavy atom. The Labute approximate surface area is 88.1 Å². The van der Waals surface area contributed by atoms with E-state index in [9.17, 15) is 8.42 Å². The third-order valence-corrected chi connectivity index (χ3v) is 2.22. The Hall–Kier alpha value is -1.37. The summed E-state index contributed by atoms with van der Waals surface area (Å²) < 4.78 is 24.7. The van der Waals surface area contributed by atoms with Gasteiger partial charge in [-0.05, 0) is 18.5 Å². The second-order valence-corrected chi connectivity index (χ2v) is 3.79. The van der Waals surface area contributed by atoms with Gasteiger partial charge in [-0.2, -0.15) is 0 Å². The number of nitrogens with zero attached hydrogens (tertiary/aromatic N) is 4. The van der Waals surface area contributed by atoms with Gasteiger partial charge >= 0.3 is 10.2 Å². The van der Waals surface area contributed by atoms with E-state index in [1.54, 1.807) is 0 Å². The molecular formula is C6H13N5O3S. The number of azide groups is 1. The van der Waals surface area contributed by atoms with Crippen molar-refractivity contribution < 1.29 is 13.2 Å². The van der Waals surface area contributed by atoms with Crippen molar-refractivity contribution in [2.45, 2.75) is 19.8 Å². The van der Waals surface area contributed by atoms with Crippen LogP contribution in [0, 0.1) is 0 Å². The third kappa shape index (κ3) is 8.95. The highest BCUT2D eigenvalue weighted by atomic mass is 32.2. The molecule has 0 atom stereocenters. The maximum absolute atomic E-state index is 10.8. The quantitative estimate of drug-likeness (QED) is 0.186. The molecule has 0 amide bonds. The normalized spacial score (nSPS) is 9.53. The molecule has 0 aliphatic heterocycles. The Morgan fingerprint density at radius 2 is 2.13 bits per heavy atom. The van der Waals surface area contributed by atoms with Crippen LogP contribution in [0.1, 0.15) is 19.8 Å². The van der Waals surface area contributed by atoms with Crippen LogP contribution in [0.4, 0.5) is 0 Å². The standard InChI is InChI=1S/C4H11N5O2S.C2H2O/c1-2-3-4-9(6)12(10,11)8-7-5;1-2-3/h2-4,6H2,1H3;1H2. The Morgan fingerprint density at radius 3 is 2.47 bits per heavy atom. The molecule has 0 radical (unpaired) electrons. The summed E-state index contributed by atoms with van der Waals surface area (Å²) in [5.41, 5.74) is 7.87. The number of hydrazine groups is 1. The van der Waals surface area contributed by atoms with Crippen LogP contribution in [0.25, 0.3) is 10.4 Å². The summed E-state index contributed by atoms with van der Waals surface area (Å²) in [4.78, 5) is 10.7. The monoisotopic (exact) mass is 235 g/mol. The highest BCUT2D eigenvalue weighted by Gasteiger charge is 2.14. The van der Waals surface area contributed by atoms with Crippen LogP contribution in [-0.4, -0.2) is 25.3 Å². The van der Waals surface area contributed by atoms with E-state index < -0.39 is 10.2 Å². The lowest BCUT2D eigenvalue weighted by Crippen LogP contribution is -2.36. The van der Waals surface area contributed by atoms with Crippen molar-refractivity contribution in [2.24, 2.45) is 10.4 Å². The number of carbonyl (C=O) groups excluding carboxylic acids is 1. The molecule has 0 unspecified atom stereocenters. The molecule has 0 saturated carbocycles. The van der Waals surface area contributed by atoms with Gasteiger partial charge in [-0.1, -0.05) is 13.3 Å². The van der Waals surface area contributed by atoms with Crippen LogP contribution < -0.4 is 5.84 Å². The molecule has 0 aromatic heterocycles. The van der Waals surface area contributed by atoms with E-state index in [1.807, 2.05) is 6.92 Å². The van der Waals surface area contributed by atoms with Crippen LogP contribution in [0.2, 0.25) is 0 Å². The summed E-state index contributed by atoms with van der Waals surface area (Å²) in [5.74, 6) is 6.35. The summed E-state index contributed by atoms with van der Waals surface area (Å²) in [6.45, 7) is 4.74. The SMILES string of the molecule is C=C=O.CCCCN(N)S(=O)(=O)N=[N+]=[N-]. The molecule has 0 bridgehead atoms. The lowest BCUT2D eigenvalue weighted by atomic mass is 10.3. The van der Waals surface area contributed by atoms with Crippen LogP contribution in [0.5, 0.6) is 0 Å². The van der Waals surface area contributed by atoms with E-state index in [1.165, 1.54) is 5.94 Å². The Kier molecular flexibility index (Phi) is 9.85. The van der Waals surface area contributed by atoms with Crippen molar-refractivity contribution >= 4 is 16.2 Å². The minimum absolute atomic E-state index is 0.165. The average molecular weight is 235 g/mol. The molecule has 15 heavy (non-hydrogen) atoms. The van der Waals surface area contributed by atoms with Gasteiger partial charge in [0, 0.05) is 16.0 Å². The summed E-state index contributed by atoms with van der Waals surface area (Å²) in [5, 5.41) is 0. The zero-order chi connectivity index (χ0) is 12.3. The number of hydrogen-bond acceptors (Lipinski definition) is 4. The molecule has 0 rings (SSSR count). The fourth-order valence-corrected chi connectivity index (χ4v) is 1.07. The lowest BCUT2D eigenvalue weighted by Gasteiger charge is -2.10. The van der Waals surface area contributed by atoms with Crippen LogP contribution >= 0.6 is 0 Å². The molecule has 0 aromatic carbocycles. The fraction of sp³-hybridized carbons (Fsp3) is 0.667. The van der Waals surface area contributed by atoms with Crippen molar-refractivity contribution in [1.82, 2.24) is 4.41 Å². The maximum atomic E-state index is 10.8. The molecule has 0 aromatic rings. The highest BCUT2D eigenvalue weighted by Crippen LogP contribution is 1.99. The first-order valence-electron chi connectivity index (χ1n) is 3.94. The summed E-state index contributed by atoms with van der Waals surface area (Å²) in [7, 11) is -3.96. The first-order chi connectivity index (χ1) is 6.96. The van der Waals surface area contributed by atoms with Gasteiger partial charge in [0.05, 0.1) is 0 Å². The van der Waals surface area contributed by atoms with E-state index in [0.717, 1.165) is 6.42 Å². The van der Waals surface area contributed by atoms with E-state index in [2.05, 4.69) is 16.0 Å². The van der Waals surface area contributed by atoms with Crippen molar-refractivity contribution in [3.05, 3.63) is 17.0 Å². The highest BCUT2D eigenvalue weighted by molar-refractivity contribution is 7.87. The summed E-state index contributed by atoms with van der Waals surface area (Å²) in [6, 6.07) is 0. The van der Waals surface area contributed by atoms with E-state index in [4.69, 9.17) is 16.2 Å². The van der Waals surface area contributed by atoms with Crippen LogP contribution in [0.3, 0.4) is 0 Å². The second kappa shape index (κ2) is 9.20. The summed E-state index contributed by atoms with van der Waals surface area (Å²) in [6.07, 6.45) is 1.45. The minimum Gasteiger partial charge on any atom is -0.255 e. The molecule has 0 heterocycles. The van der Waals surface area contributed by atoms with Gasteiger partial charge in [-0.3, -0.25) is 5.84 Å². The van der Waals surface area contributed by atoms with Crippen molar-refractivity contribution in [3.63, 3.8) is 0 Å². The van der Waals surface area contributed by atoms with Gasteiger partial charge in [0.15, 0.2) is 0 Å². The van der Waals surface area contributed by atoms with Crippen molar-refractivity contribution in [2.75, 3.05) is 6.54 Å². The average Bonchev–Trinajstić information content (AvgIpc) is 2.15. The molecule has 8 nitrogen and oxygen atoms in total. The van der Waals surface area contributed by atoms with E-state index in [0.29, 0.717) is 10.8 Å². The van der Waals surface area contributed by atoms with Gasteiger partial charge in [0.1, 0.15) is 5.94 Å². The van der Waals surface area contributed by atoms with Crippen molar-refractivity contribution in [1.29, 1.82) is 0 Å². The number of unbranched alkanes of at least 4 members (excludes halogenated alkanes) is 1. The van der Waals surface area contributed by atoms with E-state index >= 15 is 0 Å². The predicted octanol–water partition coefficient (Wildman–Crippen LogP) is 0.521. The second-order valence-electron chi connectivity index (χ2n) is 2.26. The molecule has 2 N–H and O–H groups in total. The van der Waals surface area contributed by atoms with Gasteiger partial charge < -0.3 is 0 Å². The first-order valence-corrected chi connectivity index (χ1v) is 5.33. The zero-order valence-corrected chi connectivity index (χ0v) is 9.14. The molecule has 0 aliphatic carbocycles. The van der Waals surface area contributed by atoms with Crippen molar-refractivity contribution in [3.8, 4) is 0 Å².